The van der Waals surface area contributed by atoms with Gasteiger partial charge in [0.1, 0.15) is 18.2 Å². The number of ether oxygens (including phenoxy) is 1. The molecule has 0 saturated heterocycles. The van der Waals surface area contributed by atoms with Gasteiger partial charge in [0.2, 0.25) is 0 Å². The molecule has 0 heterocycles. The van der Waals surface area contributed by atoms with Crippen molar-refractivity contribution in [3.05, 3.63) is 62.8 Å². The summed E-state index contributed by atoms with van der Waals surface area (Å²) in [4.78, 5) is 0. The Hall–Kier alpha value is -0.580. The van der Waals surface area contributed by atoms with Gasteiger partial charge < -0.3 is 4.74 Å². The van der Waals surface area contributed by atoms with Gasteiger partial charge in [-0.3, -0.25) is 0 Å². The molecule has 0 N–H and O–H groups in total. The SMILES string of the molecule is Fc1ccc(Br)cc1COc1cccc(Cl)c1CBr. The number of halogens is 4. The van der Waals surface area contributed by atoms with Crippen LogP contribution in [-0.2, 0) is 11.9 Å². The molecule has 0 atom stereocenters. The Labute approximate surface area is 133 Å². The summed E-state index contributed by atoms with van der Waals surface area (Å²) >= 11 is 12.8. The topological polar surface area (TPSA) is 9.23 Å². The number of benzene rings is 2. The van der Waals surface area contributed by atoms with E-state index in [1.807, 2.05) is 6.07 Å². The fraction of sp³-hybridized carbons (Fsp3) is 0.143. The molecule has 2 rings (SSSR count). The second kappa shape index (κ2) is 6.73. The molecule has 0 aliphatic heterocycles. The van der Waals surface area contributed by atoms with E-state index in [2.05, 4.69) is 31.9 Å². The van der Waals surface area contributed by atoms with Crippen molar-refractivity contribution in [1.29, 1.82) is 0 Å². The quantitative estimate of drug-likeness (QED) is 0.589. The second-order valence-corrected chi connectivity index (χ2v) is 5.76. The van der Waals surface area contributed by atoms with Crippen LogP contribution in [0.1, 0.15) is 11.1 Å². The highest BCUT2D eigenvalue weighted by Gasteiger charge is 2.09. The lowest BCUT2D eigenvalue weighted by atomic mass is 10.2. The van der Waals surface area contributed by atoms with Crippen LogP contribution in [0.2, 0.25) is 5.02 Å². The predicted octanol–water partition coefficient (Wildman–Crippen LogP) is 5.72. The average molecular weight is 408 g/mol. The molecule has 0 aliphatic carbocycles. The maximum absolute atomic E-state index is 13.6. The summed E-state index contributed by atoms with van der Waals surface area (Å²) in [6, 6.07) is 10.2. The highest BCUT2D eigenvalue weighted by molar-refractivity contribution is 9.10. The molecule has 0 aliphatic rings. The van der Waals surface area contributed by atoms with E-state index in [9.17, 15) is 4.39 Å². The van der Waals surface area contributed by atoms with Crippen LogP contribution in [-0.4, -0.2) is 0 Å². The minimum absolute atomic E-state index is 0.158. The maximum atomic E-state index is 13.6. The van der Waals surface area contributed by atoms with Crippen molar-refractivity contribution in [2.75, 3.05) is 0 Å². The summed E-state index contributed by atoms with van der Waals surface area (Å²) in [5.41, 5.74) is 1.36. The van der Waals surface area contributed by atoms with Crippen molar-refractivity contribution in [3.8, 4) is 5.75 Å². The molecule has 0 aromatic heterocycles. The first-order valence-corrected chi connectivity index (χ1v) is 7.81. The molecule has 0 amide bonds. The first-order chi connectivity index (χ1) is 9.11. The molecule has 0 bridgehead atoms. The van der Waals surface area contributed by atoms with Crippen molar-refractivity contribution in [2.24, 2.45) is 0 Å². The van der Waals surface area contributed by atoms with E-state index in [1.54, 1.807) is 24.3 Å². The van der Waals surface area contributed by atoms with Gasteiger partial charge in [0, 0.05) is 26.0 Å². The van der Waals surface area contributed by atoms with Crippen molar-refractivity contribution in [2.45, 2.75) is 11.9 Å². The van der Waals surface area contributed by atoms with Gasteiger partial charge in [-0.05, 0) is 30.3 Å². The molecule has 0 saturated carbocycles. The van der Waals surface area contributed by atoms with E-state index >= 15 is 0 Å². The van der Waals surface area contributed by atoms with Gasteiger partial charge in [0.15, 0.2) is 0 Å². The Morgan fingerprint density at radius 1 is 1.21 bits per heavy atom. The van der Waals surface area contributed by atoms with Crippen LogP contribution < -0.4 is 4.74 Å². The third kappa shape index (κ3) is 3.71. The smallest absolute Gasteiger partial charge is 0.129 e. The molecular weight excluding hydrogens is 398 g/mol. The summed E-state index contributed by atoms with van der Waals surface area (Å²) in [5, 5.41) is 1.22. The Morgan fingerprint density at radius 3 is 2.74 bits per heavy atom. The number of rotatable bonds is 4. The highest BCUT2D eigenvalue weighted by Crippen LogP contribution is 2.29. The van der Waals surface area contributed by atoms with Crippen LogP contribution in [0.25, 0.3) is 0 Å². The molecule has 2 aromatic carbocycles. The summed E-state index contributed by atoms with van der Waals surface area (Å²) in [6.45, 7) is 0.158. The zero-order valence-electron chi connectivity index (χ0n) is 9.80. The van der Waals surface area contributed by atoms with E-state index in [4.69, 9.17) is 16.3 Å². The van der Waals surface area contributed by atoms with Gasteiger partial charge in [-0.2, -0.15) is 0 Å². The van der Waals surface area contributed by atoms with Crippen LogP contribution in [0, 0.1) is 5.82 Å². The van der Waals surface area contributed by atoms with Gasteiger partial charge in [-0.1, -0.05) is 49.5 Å². The van der Waals surface area contributed by atoms with Crippen LogP contribution in [0.4, 0.5) is 4.39 Å². The standard InChI is InChI=1S/C14H10Br2ClFO/c15-7-11-12(17)2-1-3-14(11)19-8-9-6-10(16)4-5-13(9)18/h1-6H,7-8H2. The minimum Gasteiger partial charge on any atom is -0.488 e. The molecular formula is C14H10Br2ClFO. The van der Waals surface area contributed by atoms with Crippen LogP contribution >= 0.6 is 43.5 Å². The summed E-state index contributed by atoms with van der Waals surface area (Å²) in [7, 11) is 0. The molecule has 0 fully saturated rings. The Balaban J connectivity index is 2.19. The molecule has 0 spiro atoms. The fourth-order valence-corrected chi connectivity index (χ4v) is 2.99. The Bertz CT molecular complexity index is 590. The van der Waals surface area contributed by atoms with E-state index in [0.29, 0.717) is 21.7 Å². The van der Waals surface area contributed by atoms with Crippen LogP contribution in [0.15, 0.2) is 40.9 Å². The third-order valence-electron chi connectivity index (χ3n) is 2.60. The fourth-order valence-electron chi connectivity index (χ4n) is 1.61. The van der Waals surface area contributed by atoms with E-state index in [0.717, 1.165) is 10.0 Å². The lowest BCUT2D eigenvalue weighted by Gasteiger charge is -2.12. The van der Waals surface area contributed by atoms with Gasteiger partial charge in [0.25, 0.3) is 0 Å². The Morgan fingerprint density at radius 2 is 2.00 bits per heavy atom. The van der Waals surface area contributed by atoms with E-state index in [-0.39, 0.29) is 12.4 Å². The lowest BCUT2D eigenvalue weighted by molar-refractivity contribution is 0.297. The van der Waals surface area contributed by atoms with Crippen molar-refractivity contribution >= 4 is 43.5 Å². The van der Waals surface area contributed by atoms with Gasteiger partial charge in [-0.25, -0.2) is 4.39 Å². The summed E-state index contributed by atoms with van der Waals surface area (Å²) < 4.78 is 20.1. The first-order valence-electron chi connectivity index (χ1n) is 5.52. The zero-order chi connectivity index (χ0) is 13.8. The summed E-state index contributed by atoms with van der Waals surface area (Å²) in [5.74, 6) is 0.370. The third-order valence-corrected chi connectivity index (χ3v) is 4.01. The van der Waals surface area contributed by atoms with Gasteiger partial charge in [0.05, 0.1) is 0 Å². The Kier molecular flexibility index (Phi) is 5.25. The zero-order valence-corrected chi connectivity index (χ0v) is 13.7. The maximum Gasteiger partial charge on any atom is 0.129 e. The molecule has 0 radical (unpaired) electrons. The minimum atomic E-state index is -0.286. The second-order valence-electron chi connectivity index (χ2n) is 3.87. The summed E-state index contributed by atoms with van der Waals surface area (Å²) in [6.07, 6.45) is 0. The monoisotopic (exact) mass is 406 g/mol. The number of alkyl halides is 1. The average Bonchev–Trinajstić information content (AvgIpc) is 2.40. The lowest BCUT2D eigenvalue weighted by Crippen LogP contribution is -2.00. The number of hydrogen-bond acceptors (Lipinski definition) is 1. The van der Waals surface area contributed by atoms with Crippen LogP contribution in [0.5, 0.6) is 5.75 Å². The van der Waals surface area contributed by atoms with E-state index < -0.39 is 0 Å². The molecule has 100 valence electrons. The van der Waals surface area contributed by atoms with Gasteiger partial charge in [-0.15, -0.1) is 0 Å². The molecule has 1 nitrogen and oxygen atoms in total. The first kappa shape index (κ1) is 14.8. The molecule has 5 heteroatoms. The largest absolute Gasteiger partial charge is 0.488 e. The van der Waals surface area contributed by atoms with Crippen molar-refractivity contribution in [3.63, 3.8) is 0 Å². The van der Waals surface area contributed by atoms with Crippen molar-refractivity contribution < 1.29 is 9.13 Å². The normalized spacial score (nSPS) is 10.5. The van der Waals surface area contributed by atoms with Crippen molar-refractivity contribution in [1.82, 2.24) is 0 Å². The van der Waals surface area contributed by atoms with Crippen LogP contribution in [0.3, 0.4) is 0 Å². The molecule has 0 unspecified atom stereocenters. The molecule has 2 aromatic rings. The number of hydrogen-bond donors (Lipinski definition) is 0. The molecule has 19 heavy (non-hydrogen) atoms. The van der Waals surface area contributed by atoms with Gasteiger partial charge >= 0.3 is 0 Å². The highest BCUT2D eigenvalue weighted by atomic mass is 79.9. The predicted molar refractivity (Wildman–Crippen MR) is 82.5 cm³/mol. The van der Waals surface area contributed by atoms with E-state index in [1.165, 1.54) is 6.07 Å².